The van der Waals surface area contributed by atoms with Gasteiger partial charge in [0, 0.05) is 0 Å². The molecular formula is C10H7F3N4OS. The first-order valence-corrected chi connectivity index (χ1v) is 5.86. The van der Waals surface area contributed by atoms with Crippen LogP contribution in [-0.2, 0) is 6.18 Å². The third-order valence-electron chi connectivity index (χ3n) is 2.08. The Hall–Kier alpha value is -2.03. The number of amides is 1. The Morgan fingerprint density at radius 3 is 2.47 bits per heavy atom. The summed E-state index contributed by atoms with van der Waals surface area (Å²) >= 11 is 0.370. The molecule has 9 heteroatoms. The summed E-state index contributed by atoms with van der Waals surface area (Å²) in [4.78, 5) is 21.8. The molecule has 0 aliphatic heterocycles. The van der Waals surface area contributed by atoms with E-state index in [0.717, 1.165) is 5.51 Å². The molecule has 0 radical (unpaired) electrons. The van der Waals surface area contributed by atoms with E-state index in [1.54, 1.807) is 6.92 Å². The highest BCUT2D eigenvalue weighted by atomic mass is 32.1. The van der Waals surface area contributed by atoms with Crippen LogP contribution in [0, 0.1) is 6.92 Å². The van der Waals surface area contributed by atoms with Gasteiger partial charge in [0.1, 0.15) is 10.7 Å². The van der Waals surface area contributed by atoms with Gasteiger partial charge in [0.25, 0.3) is 5.91 Å². The maximum Gasteiger partial charge on any atom is 0.427 e. The van der Waals surface area contributed by atoms with E-state index in [1.165, 1.54) is 12.4 Å². The fourth-order valence-electron chi connectivity index (χ4n) is 1.26. The van der Waals surface area contributed by atoms with Gasteiger partial charge in [-0.15, -0.1) is 11.3 Å². The molecule has 5 nitrogen and oxygen atoms in total. The van der Waals surface area contributed by atoms with Crippen molar-refractivity contribution in [1.29, 1.82) is 0 Å². The first-order chi connectivity index (χ1) is 8.88. The number of alkyl halides is 3. The van der Waals surface area contributed by atoms with Crippen molar-refractivity contribution >= 4 is 22.9 Å². The average molecular weight is 288 g/mol. The van der Waals surface area contributed by atoms with Gasteiger partial charge in [0.15, 0.2) is 5.69 Å². The predicted octanol–water partition coefficient (Wildman–Crippen LogP) is 2.51. The number of hydrogen-bond donors (Lipinski definition) is 1. The number of aromatic nitrogens is 3. The normalized spacial score (nSPS) is 11.4. The predicted molar refractivity (Wildman–Crippen MR) is 61.8 cm³/mol. The van der Waals surface area contributed by atoms with E-state index in [0.29, 0.717) is 17.2 Å². The monoisotopic (exact) mass is 288 g/mol. The molecule has 19 heavy (non-hydrogen) atoms. The molecule has 0 saturated heterocycles. The van der Waals surface area contributed by atoms with E-state index >= 15 is 0 Å². The molecular weight excluding hydrogens is 281 g/mol. The molecule has 1 N–H and O–H groups in total. The van der Waals surface area contributed by atoms with Gasteiger partial charge in [-0.3, -0.25) is 4.79 Å². The first kappa shape index (κ1) is 13.4. The van der Waals surface area contributed by atoms with Crippen molar-refractivity contribution in [2.75, 3.05) is 5.32 Å². The Balaban J connectivity index is 2.21. The largest absolute Gasteiger partial charge is 0.427 e. The second-order valence-electron chi connectivity index (χ2n) is 3.50. The minimum Gasteiger partial charge on any atom is -0.318 e. The number of anilines is 1. The number of nitrogens with zero attached hydrogens (tertiary/aromatic N) is 3. The molecule has 0 unspecified atom stereocenters. The number of halogens is 3. The summed E-state index contributed by atoms with van der Waals surface area (Å²) in [6, 6.07) is 0. The van der Waals surface area contributed by atoms with Crippen LogP contribution in [0.2, 0.25) is 0 Å². The molecule has 0 aliphatic carbocycles. The van der Waals surface area contributed by atoms with E-state index in [4.69, 9.17) is 0 Å². The Bertz CT molecular complexity index is 594. The topological polar surface area (TPSA) is 67.8 Å². The Morgan fingerprint density at radius 2 is 1.89 bits per heavy atom. The Labute approximate surface area is 109 Å². The molecule has 2 heterocycles. The Kier molecular flexibility index (Phi) is 3.47. The van der Waals surface area contributed by atoms with Crippen LogP contribution in [0.1, 0.15) is 21.2 Å². The summed E-state index contributed by atoms with van der Waals surface area (Å²) < 4.78 is 37.8. The van der Waals surface area contributed by atoms with Gasteiger partial charge in [-0.2, -0.15) is 13.2 Å². The summed E-state index contributed by atoms with van der Waals surface area (Å²) in [5.74, 6) is -0.455. The summed E-state index contributed by atoms with van der Waals surface area (Å²) in [6.07, 6.45) is -1.99. The zero-order valence-corrected chi connectivity index (χ0v) is 10.3. The van der Waals surface area contributed by atoms with Crippen molar-refractivity contribution in [3.63, 3.8) is 0 Å². The summed E-state index contributed by atoms with van der Waals surface area (Å²) in [5, 5.41) is 2.26. The zero-order chi connectivity index (χ0) is 14.0. The van der Waals surface area contributed by atoms with E-state index in [1.807, 2.05) is 0 Å². The molecule has 0 aliphatic rings. The van der Waals surface area contributed by atoms with Crippen LogP contribution < -0.4 is 5.32 Å². The quantitative estimate of drug-likeness (QED) is 0.922. The average Bonchev–Trinajstić information content (AvgIpc) is 2.81. The van der Waals surface area contributed by atoms with E-state index in [-0.39, 0.29) is 5.69 Å². The van der Waals surface area contributed by atoms with Crippen molar-refractivity contribution in [3.8, 4) is 0 Å². The lowest BCUT2D eigenvalue weighted by Gasteiger charge is -2.07. The number of hydrogen-bond acceptors (Lipinski definition) is 5. The van der Waals surface area contributed by atoms with Gasteiger partial charge in [0.2, 0.25) is 0 Å². The molecule has 0 atom stereocenters. The lowest BCUT2D eigenvalue weighted by molar-refractivity contribution is -0.134. The summed E-state index contributed by atoms with van der Waals surface area (Å²) in [5.41, 5.74) is 0.526. The number of nitrogens with one attached hydrogen (secondary N) is 1. The molecule has 0 fully saturated rings. The van der Waals surface area contributed by atoms with Gasteiger partial charge in [-0.25, -0.2) is 15.0 Å². The van der Waals surface area contributed by atoms with Crippen LogP contribution in [-0.4, -0.2) is 20.9 Å². The van der Waals surface area contributed by atoms with Crippen LogP contribution in [0.15, 0.2) is 17.9 Å². The smallest absolute Gasteiger partial charge is 0.318 e. The van der Waals surface area contributed by atoms with Crippen LogP contribution in [0.25, 0.3) is 0 Å². The number of aryl methyl sites for hydroxylation is 1. The second kappa shape index (κ2) is 4.92. The fourth-order valence-corrected chi connectivity index (χ4v) is 1.91. The summed E-state index contributed by atoms with van der Waals surface area (Å²) in [6.45, 7) is 1.65. The molecule has 2 aromatic rings. The van der Waals surface area contributed by atoms with Crippen LogP contribution in [0.3, 0.4) is 0 Å². The molecule has 0 spiro atoms. The highest BCUT2D eigenvalue weighted by Gasteiger charge is 2.38. The molecule has 100 valence electrons. The maximum atomic E-state index is 12.6. The fraction of sp³-hybridized carbons (Fsp3) is 0.200. The van der Waals surface area contributed by atoms with E-state index in [2.05, 4.69) is 20.3 Å². The van der Waals surface area contributed by atoms with Crippen molar-refractivity contribution in [3.05, 3.63) is 34.3 Å². The van der Waals surface area contributed by atoms with Crippen molar-refractivity contribution in [2.24, 2.45) is 0 Å². The second-order valence-corrected chi connectivity index (χ2v) is 4.36. The van der Waals surface area contributed by atoms with E-state index in [9.17, 15) is 18.0 Å². The third kappa shape index (κ3) is 3.05. The van der Waals surface area contributed by atoms with Gasteiger partial charge in [-0.05, 0) is 6.92 Å². The number of carbonyl (C=O) groups excluding carboxylic acids is 1. The minimum atomic E-state index is -4.60. The number of thiazole rings is 1. The molecule has 0 saturated carbocycles. The van der Waals surface area contributed by atoms with Crippen molar-refractivity contribution in [1.82, 2.24) is 15.0 Å². The maximum absolute atomic E-state index is 12.6. The van der Waals surface area contributed by atoms with Gasteiger partial charge in [0.05, 0.1) is 23.6 Å². The third-order valence-corrected chi connectivity index (χ3v) is 2.95. The van der Waals surface area contributed by atoms with Crippen LogP contribution >= 0.6 is 11.3 Å². The lowest BCUT2D eigenvalue weighted by atomic mass is 10.3. The summed E-state index contributed by atoms with van der Waals surface area (Å²) in [7, 11) is 0. The SMILES string of the molecule is Cc1ncc(NC(=O)c2ncsc2C(F)(F)F)cn1. The zero-order valence-electron chi connectivity index (χ0n) is 9.52. The van der Waals surface area contributed by atoms with Crippen LogP contribution in [0.5, 0.6) is 0 Å². The molecule has 2 rings (SSSR count). The van der Waals surface area contributed by atoms with Gasteiger partial charge >= 0.3 is 6.18 Å². The Morgan fingerprint density at radius 1 is 1.26 bits per heavy atom. The highest BCUT2D eigenvalue weighted by Crippen LogP contribution is 2.34. The first-order valence-electron chi connectivity index (χ1n) is 4.98. The van der Waals surface area contributed by atoms with Gasteiger partial charge in [-0.1, -0.05) is 0 Å². The minimum absolute atomic E-state index is 0.205. The van der Waals surface area contributed by atoms with Crippen LogP contribution in [0.4, 0.5) is 18.9 Å². The lowest BCUT2D eigenvalue weighted by Crippen LogP contribution is -2.18. The number of carbonyl (C=O) groups is 1. The van der Waals surface area contributed by atoms with Crippen molar-refractivity contribution < 1.29 is 18.0 Å². The van der Waals surface area contributed by atoms with Crippen molar-refractivity contribution in [2.45, 2.75) is 13.1 Å². The highest BCUT2D eigenvalue weighted by molar-refractivity contribution is 7.10. The molecule has 0 aromatic carbocycles. The number of rotatable bonds is 2. The standard InChI is InChI=1S/C10H7F3N4OS/c1-5-14-2-6(3-15-5)17-9(18)7-8(10(11,12)13)19-4-16-7/h2-4H,1H3,(H,17,18). The molecule has 0 bridgehead atoms. The molecule has 1 amide bonds. The van der Waals surface area contributed by atoms with E-state index < -0.39 is 22.7 Å². The van der Waals surface area contributed by atoms with Gasteiger partial charge < -0.3 is 5.32 Å². The molecule has 2 aromatic heterocycles.